The Kier molecular flexibility index (Phi) is 5.97. The molecule has 194 valence electrons. The monoisotopic (exact) mass is 540 g/mol. The highest BCUT2D eigenvalue weighted by molar-refractivity contribution is 6.31. The van der Waals surface area contributed by atoms with E-state index in [9.17, 15) is 19.5 Å². The van der Waals surface area contributed by atoms with Gasteiger partial charge in [0.15, 0.2) is 17.5 Å². The van der Waals surface area contributed by atoms with Gasteiger partial charge in [-0.2, -0.15) is 4.68 Å². The number of rotatable bonds is 4. The maximum Gasteiger partial charge on any atom is 0.247 e. The van der Waals surface area contributed by atoms with Crippen LogP contribution in [0.2, 0.25) is 5.02 Å². The van der Waals surface area contributed by atoms with E-state index in [0.717, 1.165) is 0 Å². The second-order valence-electron chi connectivity index (χ2n) is 8.98. The summed E-state index contributed by atoms with van der Waals surface area (Å²) in [4.78, 5) is 23.8. The summed E-state index contributed by atoms with van der Waals surface area (Å²) in [7, 11) is 0. The molecule has 1 amide bonds. The minimum atomic E-state index is -0.822. The van der Waals surface area contributed by atoms with Crippen molar-refractivity contribution in [1.82, 2.24) is 30.2 Å². The van der Waals surface area contributed by atoms with Crippen LogP contribution in [-0.4, -0.2) is 77.1 Å². The number of carbonyl (C=O) groups is 1. The van der Waals surface area contributed by atoms with E-state index in [0.29, 0.717) is 41.4 Å². The van der Waals surface area contributed by atoms with Crippen molar-refractivity contribution in [2.75, 3.05) is 6.61 Å². The Morgan fingerprint density at radius 3 is 2.82 bits per heavy atom. The van der Waals surface area contributed by atoms with Crippen molar-refractivity contribution in [3.05, 3.63) is 76.0 Å². The van der Waals surface area contributed by atoms with Crippen LogP contribution in [-0.2, 0) is 4.79 Å². The number of hydrogen-bond acceptors (Lipinski definition) is 9. The predicted molar refractivity (Wildman–Crippen MR) is 131 cm³/mol. The van der Waals surface area contributed by atoms with Crippen molar-refractivity contribution in [1.29, 1.82) is 0 Å². The number of aliphatic hydroxyl groups is 1. The molecule has 4 aliphatic rings. The van der Waals surface area contributed by atoms with Crippen molar-refractivity contribution in [3.8, 4) is 5.69 Å². The van der Waals surface area contributed by atoms with Crippen LogP contribution in [0.15, 0.2) is 69.6 Å². The molecule has 1 aromatic carbocycles. The van der Waals surface area contributed by atoms with Gasteiger partial charge in [0.05, 0.1) is 35.3 Å². The summed E-state index contributed by atoms with van der Waals surface area (Å²) in [5, 5.41) is 30.5. The molecular weight excluding hydrogens is 522 g/mol. The lowest BCUT2D eigenvalue weighted by Crippen LogP contribution is -2.45. The first-order valence-corrected chi connectivity index (χ1v) is 12.0. The molecule has 0 aliphatic carbocycles. The predicted octanol–water partition coefficient (Wildman–Crippen LogP) is 2.73. The van der Waals surface area contributed by atoms with Crippen molar-refractivity contribution >= 4 is 35.1 Å². The molecule has 0 spiro atoms. The molecule has 4 aliphatic heterocycles. The number of aliphatic hydroxyl groups excluding tert-OH is 1. The molecule has 2 aromatic rings. The highest BCUT2D eigenvalue weighted by Crippen LogP contribution is 2.41. The zero-order valence-corrected chi connectivity index (χ0v) is 20.3. The van der Waals surface area contributed by atoms with Crippen LogP contribution < -0.4 is 0 Å². The lowest BCUT2D eigenvalue weighted by atomic mass is 9.92. The summed E-state index contributed by atoms with van der Waals surface area (Å²) in [5.74, 6) is -1.47. The average molecular weight is 541 g/mol. The maximum atomic E-state index is 15.3. The zero-order chi connectivity index (χ0) is 26.6. The van der Waals surface area contributed by atoms with E-state index in [1.807, 2.05) is 0 Å². The van der Waals surface area contributed by atoms with Gasteiger partial charge >= 0.3 is 0 Å². The van der Waals surface area contributed by atoms with E-state index < -0.39 is 24.3 Å². The first-order chi connectivity index (χ1) is 18.4. The minimum absolute atomic E-state index is 0.0614. The van der Waals surface area contributed by atoms with Gasteiger partial charge in [0.25, 0.3) is 0 Å². The number of nitrogens with zero attached hydrogens (tertiary/aromatic N) is 8. The van der Waals surface area contributed by atoms with Crippen LogP contribution in [0.1, 0.15) is 24.8 Å². The summed E-state index contributed by atoms with van der Waals surface area (Å²) in [5.41, 5.74) is 0.959. The van der Waals surface area contributed by atoms with Crippen molar-refractivity contribution in [3.63, 3.8) is 0 Å². The third kappa shape index (κ3) is 3.86. The van der Waals surface area contributed by atoms with Crippen LogP contribution >= 0.6 is 11.6 Å². The lowest BCUT2D eigenvalue weighted by Gasteiger charge is -2.33. The van der Waals surface area contributed by atoms with Gasteiger partial charge in [-0.1, -0.05) is 11.6 Å². The smallest absolute Gasteiger partial charge is 0.247 e. The number of aliphatic imine (C=N–C) groups is 2. The Balaban J connectivity index is 1.32. The average Bonchev–Trinajstić information content (AvgIpc) is 3.67. The fraction of sp³-hybridized carbons (Fsp3) is 0.250. The number of hydrogen-bond donors (Lipinski definition) is 2. The second kappa shape index (κ2) is 9.35. The third-order valence-corrected chi connectivity index (χ3v) is 7.22. The quantitative estimate of drug-likeness (QED) is 0.609. The van der Waals surface area contributed by atoms with Gasteiger partial charge < -0.3 is 10.0 Å². The highest BCUT2D eigenvalue weighted by Gasteiger charge is 2.43. The molecule has 2 N–H and O–H groups in total. The number of hydroxylamine groups is 2. The summed E-state index contributed by atoms with van der Waals surface area (Å²) in [6.45, 7) is -0.708. The molecule has 0 bridgehead atoms. The van der Waals surface area contributed by atoms with Gasteiger partial charge in [0.2, 0.25) is 5.91 Å². The Hall–Kier alpha value is -4.07. The molecule has 0 saturated carbocycles. The molecule has 38 heavy (non-hydrogen) atoms. The fourth-order valence-corrected chi connectivity index (χ4v) is 5.35. The molecule has 1 aromatic heterocycles. The highest BCUT2D eigenvalue weighted by atomic mass is 35.5. The Morgan fingerprint density at radius 1 is 1.21 bits per heavy atom. The van der Waals surface area contributed by atoms with Crippen molar-refractivity contribution in [2.45, 2.75) is 31.3 Å². The van der Waals surface area contributed by atoms with Crippen LogP contribution in [0.25, 0.3) is 11.3 Å². The zero-order valence-electron chi connectivity index (χ0n) is 19.5. The number of tetrazole rings is 1. The Labute approximate surface area is 219 Å². The number of amidine groups is 1. The van der Waals surface area contributed by atoms with Crippen molar-refractivity contribution in [2.24, 2.45) is 9.98 Å². The SMILES string of the molecule is O=C1C=C(c2c(-n3cnnn3)ccc(Cl)c2F)CC2CCC(C3=N/C(=C4/C=CN(O)C(CO)=C4F)C=N3)N12. The molecule has 14 heteroatoms. The topological polar surface area (TPSA) is 132 Å². The second-order valence-corrected chi connectivity index (χ2v) is 9.39. The normalized spacial score (nSPS) is 24.9. The van der Waals surface area contributed by atoms with Gasteiger partial charge in [0.1, 0.15) is 12.0 Å². The molecule has 11 nitrogen and oxygen atoms in total. The number of amides is 1. The molecule has 2 unspecified atom stereocenters. The number of fused-ring (bicyclic) bond motifs is 1. The Bertz CT molecular complexity index is 1530. The summed E-state index contributed by atoms with van der Waals surface area (Å²) in [6.07, 6.45) is 8.18. The van der Waals surface area contributed by atoms with E-state index in [2.05, 4.69) is 25.5 Å². The third-order valence-electron chi connectivity index (χ3n) is 6.93. The molecule has 1 saturated heterocycles. The van der Waals surface area contributed by atoms with Gasteiger partial charge in [-0.15, -0.1) is 5.10 Å². The fourth-order valence-electron chi connectivity index (χ4n) is 5.19. The van der Waals surface area contributed by atoms with E-state index in [1.165, 1.54) is 41.6 Å². The standard InChI is InChI=1S/C24H19ClF2N8O3/c25-15-2-4-17(33-11-29-31-32-33)21(23(15)27)12-7-13-1-3-18(35(13)20(37)8-12)24-28-9-16(30-24)14-5-6-34(38)19(10-36)22(14)26/h2,4-6,8-9,11,13,18,36,38H,1,3,7,10H2/b16-14-. The van der Waals surface area contributed by atoms with Gasteiger partial charge in [-0.25, -0.2) is 23.8 Å². The summed E-state index contributed by atoms with van der Waals surface area (Å²) >= 11 is 6.08. The number of carbonyl (C=O) groups excluding carboxylic acids is 1. The number of halogens is 3. The Morgan fingerprint density at radius 2 is 2.05 bits per heavy atom. The van der Waals surface area contributed by atoms with E-state index in [-0.39, 0.29) is 39.5 Å². The van der Waals surface area contributed by atoms with Gasteiger partial charge in [-0.05, 0) is 53.5 Å². The molecule has 6 rings (SSSR count). The number of aromatic nitrogens is 4. The molecular formula is C24H19ClF2N8O3. The summed E-state index contributed by atoms with van der Waals surface area (Å²) in [6, 6.07) is 2.31. The first kappa shape index (κ1) is 24.3. The van der Waals surface area contributed by atoms with Gasteiger partial charge in [-0.3, -0.25) is 10.0 Å². The maximum absolute atomic E-state index is 15.3. The van der Waals surface area contributed by atoms with Crippen LogP contribution in [0.4, 0.5) is 8.78 Å². The first-order valence-electron chi connectivity index (χ1n) is 11.6. The van der Waals surface area contributed by atoms with E-state index in [4.69, 9.17) is 11.6 Å². The van der Waals surface area contributed by atoms with E-state index in [1.54, 1.807) is 11.0 Å². The van der Waals surface area contributed by atoms with Crippen LogP contribution in [0.5, 0.6) is 0 Å². The summed E-state index contributed by atoms with van der Waals surface area (Å²) < 4.78 is 31.4. The molecule has 1 fully saturated rings. The lowest BCUT2D eigenvalue weighted by molar-refractivity contribution is -0.128. The number of allylic oxidation sites excluding steroid dienone is 4. The van der Waals surface area contributed by atoms with Crippen molar-refractivity contribution < 1.29 is 23.9 Å². The molecule has 5 heterocycles. The van der Waals surface area contributed by atoms with Gasteiger partial charge in [0, 0.05) is 29.5 Å². The molecule has 0 radical (unpaired) electrons. The largest absolute Gasteiger partial charge is 0.390 e. The molecule has 2 atom stereocenters. The van der Waals surface area contributed by atoms with E-state index >= 15 is 4.39 Å². The number of benzene rings is 1. The van der Waals surface area contributed by atoms with Crippen LogP contribution in [0.3, 0.4) is 0 Å². The minimum Gasteiger partial charge on any atom is -0.390 e. The van der Waals surface area contributed by atoms with Crippen LogP contribution in [0, 0.1) is 5.82 Å².